The molecule has 10 heteroatoms. The minimum absolute atomic E-state index is 0.00627. The molecule has 2 N–H and O–H groups in total. The monoisotopic (exact) mass is 553 g/mol. The highest BCUT2D eigenvalue weighted by atomic mass is 35.5. The average molecular weight is 554 g/mol. The Labute approximate surface area is 226 Å². The van der Waals surface area contributed by atoms with E-state index in [9.17, 15) is 23.1 Å². The molecule has 3 rings (SSSR count). The number of aryl methyl sites for hydroxylation is 1. The third kappa shape index (κ3) is 7.71. The van der Waals surface area contributed by atoms with Crippen LogP contribution in [0, 0.1) is 0 Å². The van der Waals surface area contributed by atoms with Gasteiger partial charge in [0.1, 0.15) is 0 Å². The number of nitrogens with one attached hydrogen (secondary N) is 1. The minimum Gasteiger partial charge on any atom is -0.368 e. The van der Waals surface area contributed by atoms with E-state index >= 15 is 0 Å². The number of hydrogen-bond acceptors (Lipinski definition) is 4. The van der Waals surface area contributed by atoms with Crippen molar-refractivity contribution in [3.8, 4) is 0 Å². The third-order valence-electron chi connectivity index (χ3n) is 6.18. The number of carbonyl (C=O) groups excluding carboxylic acids is 1. The molecule has 1 heterocycles. The van der Waals surface area contributed by atoms with Crippen LogP contribution in [0.15, 0.2) is 36.4 Å². The van der Waals surface area contributed by atoms with Crippen molar-refractivity contribution in [2.24, 2.45) is 7.05 Å². The second-order valence-corrected chi connectivity index (χ2v) is 10.9. The molecule has 2 aromatic carbocycles. The van der Waals surface area contributed by atoms with E-state index in [1.54, 1.807) is 19.2 Å². The molecule has 6 nitrogen and oxygen atoms in total. The average Bonchev–Trinajstić information content (AvgIpc) is 3.12. The maximum atomic E-state index is 13.4. The van der Waals surface area contributed by atoms with Gasteiger partial charge < -0.3 is 15.2 Å². The van der Waals surface area contributed by atoms with Gasteiger partial charge in [-0.3, -0.25) is 9.48 Å². The van der Waals surface area contributed by atoms with E-state index in [2.05, 4.69) is 10.4 Å². The van der Waals surface area contributed by atoms with Crippen LogP contribution in [0.3, 0.4) is 0 Å². The number of nitrogens with zero attached hydrogens (tertiary/aromatic N) is 2. The van der Waals surface area contributed by atoms with E-state index in [1.165, 1.54) is 4.68 Å². The number of benzene rings is 2. The van der Waals surface area contributed by atoms with Gasteiger partial charge >= 0.3 is 6.18 Å². The van der Waals surface area contributed by atoms with Crippen LogP contribution in [0.5, 0.6) is 0 Å². The van der Waals surface area contributed by atoms with Gasteiger partial charge in [-0.1, -0.05) is 37.1 Å². The van der Waals surface area contributed by atoms with Gasteiger partial charge in [-0.15, -0.1) is 0 Å². The van der Waals surface area contributed by atoms with Crippen LogP contribution >= 0.6 is 11.6 Å². The van der Waals surface area contributed by atoms with E-state index < -0.39 is 23.6 Å². The molecule has 2 atom stereocenters. The molecular formula is C28H35ClF3N3O3. The lowest BCUT2D eigenvalue weighted by atomic mass is 9.89. The van der Waals surface area contributed by atoms with Gasteiger partial charge in [-0.2, -0.15) is 18.3 Å². The summed E-state index contributed by atoms with van der Waals surface area (Å²) in [6.07, 6.45) is -3.13. The SMILES string of the molecule is CCCC(Cc1nn(C)c2c(Cl)cc(C(F)(F)F)cc12)c1ccc(C(=O)NCCC(O)OC(C)(C)C)cc1. The van der Waals surface area contributed by atoms with E-state index in [-0.39, 0.29) is 29.8 Å². The van der Waals surface area contributed by atoms with Gasteiger partial charge in [0, 0.05) is 31.0 Å². The van der Waals surface area contributed by atoms with Crippen LogP contribution in [0.25, 0.3) is 10.9 Å². The molecule has 0 fully saturated rings. The van der Waals surface area contributed by atoms with E-state index in [0.29, 0.717) is 28.6 Å². The maximum absolute atomic E-state index is 13.4. The second kappa shape index (κ2) is 12.1. The quantitative estimate of drug-likeness (QED) is 0.276. The lowest BCUT2D eigenvalue weighted by Gasteiger charge is -2.24. The first-order valence-electron chi connectivity index (χ1n) is 12.7. The van der Waals surface area contributed by atoms with Gasteiger partial charge in [-0.05, 0) is 69.4 Å². The zero-order valence-corrected chi connectivity index (χ0v) is 23.1. The number of aliphatic hydroxyl groups is 1. The van der Waals surface area contributed by atoms with Crippen molar-refractivity contribution in [1.82, 2.24) is 15.1 Å². The van der Waals surface area contributed by atoms with Crippen molar-refractivity contribution in [3.63, 3.8) is 0 Å². The molecule has 0 aliphatic carbocycles. The molecule has 1 aromatic heterocycles. The molecular weight excluding hydrogens is 519 g/mol. The number of fused-ring (bicyclic) bond motifs is 1. The van der Waals surface area contributed by atoms with Crippen molar-refractivity contribution in [2.45, 2.75) is 77.4 Å². The lowest BCUT2D eigenvalue weighted by molar-refractivity contribution is -0.167. The summed E-state index contributed by atoms with van der Waals surface area (Å²) in [5.74, 6) is -0.273. The van der Waals surface area contributed by atoms with Gasteiger partial charge in [0.05, 0.1) is 27.4 Å². The molecule has 0 radical (unpaired) electrons. The largest absolute Gasteiger partial charge is 0.416 e. The van der Waals surface area contributed by atoms with E-state index in [1.807, 2.05) is 39.8 Å². The first-order chi connectivity index (χ1) is 17.7. The number of carbonyl (C=O) groups is 1. The third-order valence-corrected chi connectivity index (χ3v) is 6.47. The maximum Gasteiger partial charge on any atom is 0.416 e. The summed E-state index contributed by atoms with van der Waals surface area (Å²) in [7, 11) is 1.67. The minimum atomic E-state index is -4.51. The Morgan fingerprint density at radius 1 is 1.16 bits per heavy atom. The van der Waals surface area contributed by atoms with E-state index in [4.69, 9.17) is 16.3 Å². The fourth-order valence-electron chi connectivity index (χ4n) is 4.50. The van der Waals surface area contributed by atoms with Crippen LogP contribution in [-0.2, 0) is 24.4 Å². The van der Waals surface area contributed by atoms with Gasteiger partial charge in [-0.25, -0.2) is 0 Å². The molecule has 1 amide bonds. The summed E-state index contributed by atoms with van der Waals surface area (Å²) in [4.78, 5) is 12.6. The Hall–Kier alpha value is -2.62. The highest BCUT2D eigenvalue weighted by molar-refractivity contribution is 6.35. The van der Waals surface area contributed by atoms with Crippen molar-refractivity contribution in [3.05, 3.63) is 63.8 Å². The molecule has 208 valence electrons. The summed E-state index contributed by atoms with van der Waals surface area (Å²) >= 11 is 6.21. The Morgan fingerprint density at radius 3 is 2.39 bits per heavy atom. The Kier molecular flexibility index (Phi) is 9.49. The second-order valence-electron chi connectivity index (χ2n) is 10.5. The van der Waals surface area contributed by atoms with Crippen molar-refractivity contribution >= 4 is 28.4 Å². The highest BCUT2D eigenvalue weighted by Crippen LogP contribution is 2.37. The molecule has 0 aliphatic rings. The first kappa shape index (κ1) is 29.9. The molecule has 2 unspecified atom stereocenters. The fraction of sp³-hybridized carbons (Fsp3) is 0.500. The summed E-state index contributed by atoms with van der Waals surface area (Å²) in [6.45, 7) is 7.82. The summed E-state index contributed by atoms with van der Waals surface area (Å²) < 4.78 is 47.2. The van der Waals surface area contributed by atoms with E-state index in [0.717, 1.165) is 30.5 Å². The van der Waals surface area contributed by atoms with Crippen molar-refractivity contribution < 1.29 is 27.8 Å². The number of aliphatic hydroxyl groups excluding tert-OH is 1. The fourth-order valence-corrected chi connectivity index (χ4v) is 4.84. The summed E-state index contributed by atoms with van der Waals surface area (Å²) in [6, 6.07) is 9.23. The number of alkyl halides is 3. The Morgan fingerprint density at radius 2 is 1.82 bits per heavy atom. The zero-order valence-electron chi connectivity index (χ0n) is 22.3. The van der Waals surface area contributed by atoms with Crippen LogP contribution in [0.2, 0.25) is 5.02 Å². The smallest absolute Gasteiger partial charge is 0.368 e. The predicted molar refractivity (Wildman–Crippen MR) is 142 cm³/mol. The highest BCUT2D eigenvalue weighted by Gasteiger charge is 2.32. The molecule has 0 saturated heterocycles. The normalized spacial score (nSPS) is 14.1. The van der Waals surface area contributed by atoms with Crippen LogP contribution in [0.1, 0.15) is 80.1 Å². The summed E-state index contributed by atoms with van der Waals surface area (Å²) in [5, 5.41) is 17.6. The molecule has 38 heavy (non-hydrogen) atoms. The lowest BCUT2D eigenvalue weighted by Crippen LogP contribution is -2.32. The molecule has 0 saturated carbocycles. The Bertz CT molecular complexity index is 1250. The number of amides is 1. The first-order valence-corrected chi connectivity index (χ1v) is 13.0. The molecule has 0 aliphatic heterocycles. The van der Waals surface area contributed by atoms with Crippen molar-refractivity contribution in [1.29, 1.82) is 0 Å². The standard InChI is InChI=1S/C28H35ClF3N3O3/c1-6-7-19(14-23-21-15-20(28(30,31)32)16-22(29)25(21)35(5)34-23)17-8-10-18(11-9-17)26(37)33-13-12-24(36)38-27(2,3)4/h8-11,15-16,19,24,36H,6-7,12-14H2,1-5H3,(H,33,37). The molecule has 0 spiro atoms. The van der Waals surface area contributed by atoms with Crippen molar-refractivity contribution in [2.75, 3.05) is 6.54 Å². The predicted octanol–water partition coefficient (Wildman–Crippen LogP) is 6.63. The number of aromatic nitrogens is 2. The van der Waals surface area contributed by atoms with Gasteiger partial charge in [0.25, 0.3) is 5.91 Å². The topological polar surface area (TPSA) is 76.4 Å². The van der Waals surface area contributed by atoms with Crippen LogP contribution in [-0.4, -0.2) is 39.2 Å². The van der Waals surface area contributed by atoms with Gasteiger partial charge in [0.2, 0.25) is 0 Å². The number of hydrogen-bond donors (Lipinski definition) is 2. The number of ether oxygens (including phenoxy) is 1. The molecule has 3 aromatic rings. The summed E-state index contributed by atoms with van der Waals surface area (Å²) in [5.41, 5.74) is 1.17. The number of rotatable bonds is 10. The zero-order chi connectivity index (χ0) is 28.3. The van der Waals surface area contributed by atoms with Crippen LogP contribution < -0.4 is 5.32 Å². The number of halogens is 4. The Balaban J connectivity index is 1.75. The molecule has 0 bridgehead atoms. The van der Waals surface area contributed by atoms with Gasteiger partial charge in [0.15, 0.2) is 6.29 Å². The van der Waals surface area contributed by atoms with Crippen LogP contribution in [0.4, 0.5) is 13.2 Å².